The maximum absolute atomic E-state index is 4.53. The molecule has 0 aliphatic rings. The Labute approximate surface area is 126 Å². The fourth-order valence-electron chi connectivity index (χ4n) is 2.00. The molecule has 3 nitrogen and oxygen atoms in total. The zero-order valence-corrected chi connectivity index (χ0v) is 13.8. The Balaban J connectivity index is 2.21. The van der Waals surface area contributed by atoms with Crippen molar-refractivity contribution >= 4 is 33.1 Å². The van der Waals surface area contributed by atoms with Gasteiger partial charge in [-0.1, -0.05) is 6.07 Å². The van der Waals surface area contributed by atoms with Gasteiger partial charge in [0.05, 0.1) is 3.79 Å². The monoisotopic (exact) mass is 339 g/mol. The minimum Gasteiger partial charge on any atom is -0.355 e. The summed E-state index contributed by atoms with van der Waals surface area (Å²) in [5.41, 5.74) is 2.52. The van der Waals surface area contributed by atoms with Gasteiger partial charge < -0.3 is 10.2 Å². The van der Waals surface area contributed by atoms with Crippen molar-refractivity contribution in [1.29, 1.82) is 0 Å². The number of nitrogens with zero attached hydrogens (tertiary/aromatic N) is 2. The van der Waals surface area contributed by atoms with E-state index in [0.29, 0.717) is 6.04 Å². The first-order valence-electron chi connectivity index (χ1n) is 6.18. The largest absolute Gasteiger partial charge is 0.355 e. The third-order valence-electron chi connectivity index (χ3n) is 3.12. The van der Waals surface area contributed by atoms with Crippen LogP contribution in [0, 0.1) is 0 Å². The van der Waals surface area contributed by atoms with Gasteiger partial charge in [-0.05, 0) is 53.0 Å². The Morgan fingerprint density at radius 1 is 1.53 bits per heavy atom. The maximum Gasteiger partial charge on any atom is 0.133 e. The molecule has 0 saturated carbocycles. The lowest BCUT2D eigenvalue weighted by Gasteiger charge is -2.23. The maximum atomic E-state index is 4.53. The first kappa shape index (κ1) is 14.5. The van der Waals surface area contributed by atoms with Crippen molar-refractivity contribution in [2.24, 2.45) is 0 Å². The Kier molecular flexibility index (Phi) is 4.96. The Morgan fingerprint density at radius 2 is 2.32 bits per heavy atom. The molecule has 1 unspecified atom stereocenters. The number of anilines is 1. The summed E-state index contributed by atoms with van der Waals surface area (Å²) in [6, 6.07) is 6.57. The molecule has 2 aromatic rings. The number of nitrogens with one attached hydrogen (secondary N) is 1. The standard InChI is InChI=1S/C14H18BrN3S/c1-10(16-2)12-5-4-6-17-14(12)18(3)8-11-7-13(15)19-9-11/h4-7,9-10,16H,8H2,1-3H3. The van der Waals surface area contributed by atoms with E-state index in [9.17, 15) is 0 Å². The molecular formula is C14H18BrN3S. The van der Waals surface area contributed by atoms with Crippen LogP contribution in [0.5, 0.6) is 0 Å². The van der Waals surface area contributed by atoms with Gasteiger partial charge in [0.2, 0.25) is 0 Å². The number of pyridine rings is 1. The molecule has 0 aliphatic carbocycles. The van der Waals surface area contributed by atoms with E-state index in [4.69, 9.17) is 0 Å². The number of thiophene rings is 1. The zero-order valence-electron chi connectivity index (χ0n) is 11.4. The van der Waals surface area contributed by atoms with Gasteiger partial charge in [0.25, 0.3) is 0 Å². The molecule has 0 fully saturated rings. The van der Waals surface area contributed by atoms with Crippen molar-refractivity contribution < 1.29 is 0 Å². The lowest BCUT2D eigenvalue weighted by atomic mass is 10.1. The smallest absolute Gasteiger partial charge is 0.133 e. The van der Waals surface area contributed by atoms with Crippen LogP contribution in [0.4, 0.5) is 5.82 Å². The summed E-state index contributed by atoms with van der Waals surface area (Å²) in [5.74, 6) is 1.03. The first-order valence-corrected chi connectivity index (χ1v) is 7.85. The molecule has 102 valence electrons. The van der Waals surface area contributed by atoms with Crippen LogP contribution in [-0.2, 0) is 6.54 Å². The molecule has 2 rings (SSSR count). The summed E-state index contributed by atoms with van der Waals surface area (Å²) in [5, 5.41) is 5.44. The lowest BCUT2D eigenvalue weighted by Crippen LogP contribution is -2.22. The fourth-order valence-corrected chi connectivity index (χ4v) is 3.20. The van der Waals surface area contributed by atoms with Crippen LogP contribution in [0.25, 0.3) is 0 Å². The summed E-state index contributed by atoms with van der Waals surface area (Å²) in [7, 11) is 4.05. The molecule has 0 radical (unpaired) electrons. The van der Waals surface area contributed by atoms with Crippen LogP contribution < -0.4 is 10.2 Å². The van der Waals surface area contributed by atoms with Crippen LogP contribution in [0.2, 0.25) is 0 Å². The van der Waals surface area contributed by atoms with E-state index in [1.54, 1.807) is 11.3 Å². The van der Waals surface area contributed by atoms with Gasteiger partial charge in [-0.15, -0.1) is 11.3 Å². The van der Waals surface area contributed by atoms with E-state index >= 15 is 0 Å². The van der Waals surface area contributed by atoms with Crippen LogP contribution in [0.15, 0.2) is 33.6 Å². The van der Waals surface area contributed by atoms with Crippen molar-refractivity contribution in [3.05, 3.63) is 44.7 Å². The second kappa shape index (κ2) is 6.50. The Bertz CT molecular complexity index is 541. The molecule has 1 atom stereocenters. The van der Waals surface area contributed by atoms with Crippen LogP contribution in [0.1, 0.15) is 24.1 Å². The van der Waals surface area contributed by atoms with Crippen molar-refractivity contribution in [2.75, 3.05) is 19.0 Å². The molecule has 0 amide bonds. The van der Waals surface area contributed by atoms with Crippen molar-refractivity contribution in [1.82, 2.24) is 10.3 Å². The zero-order chi connectivity index (χ0) is 13.8. The summed E-state index contributed by atoms with van der Waals surface area (Å²) >= 11 is 5.22. The first-order chi connectivity index (χ1) is 9.11. The number of hydrogen-bond acceptors (Lipinski definition) is 4. The van der Waals surface area contributed by atoms with Crippen molar-refractivity contribution in [2.45, 2.75) is 19.5 Å². The third kappa shape index (κ3) is 3.55. The molecule has 2 aromatic heterocycles. The van der Waals surface area contributed by atoms with E-state index < -0.39 is 0 Å². The molecule has 5 heteroatoms. The second-order valence-corrected chi connectivity index (χ2v) is 6.83. The number of halogens is 1. The topological polar surface area (TPSA) is 28.2 Å². The van der Waals surface area contributed by atoms with Gasteiger partial charge in [-0.25, -0.2) is 4.98 Å². The average Bonchev–Trinajstić information content (AvgIpc) is 2.83. The van der Waals surface area contributed by atoms with Gasteiger partial charge in [0.1, 0.15) is 5.82 Å². The lowest BCUT2D eigenvalue weighted by molar-refractivity contribution is 0.646. The van der Waals surface area contributed by atoms with Crippen LogP contribution in [-0.4, -0.2) is 19.1 Å². The molecule has 2 heterocycles. The Hall–Kier alpha value is -0.910. The van der Waals surface area contributed by atoms with Gasteiger partial charge in [-0.3, -0.25) is 0 Å². The number of rotatable bonds is 5. The van der Waals surface area contributed by atoms with E-state index in [-0.39, 0.29) is 0 Å². The highest BCUT2D eigenvalue weighted by Gasteiger charge is 2.13. The van der Waals surface area contributed by atoms with E-state index in [1.165, 1.54) is 14.9 Å². The van der Waals surface area contributed by atoms with E-state index in [2.05, 4.69) is 62.6 Å². The Morgan fingerprint density at radius 3 is 2.95 bits per heavy atom. The molecular weight excluding hydrogens is 322 g/mol. The second-order valence-electron chi connectivity index (χ2n) is 4.54. The predicted octanol–water partition coefficient (Wildman–Crippen LogP) is 3.82. The van der Waals surface area contributed by atoms with Crippen LogP contribution >= 0.6 is 27.3 Å². The highest BCUT2D eigenvalue weighted by atomic mass is 79.9. The summed E-state index contributed by atoms with van der Waals surface area (Å²) in [6.45, 7) is 3.01. The summed E-state index contributed by atoms with van der Waals surface area (Å²) in [4.78, 5) is 6.72. The average molecular weight is 340 g/mol. The molecule has 0 aliphatic heterocycles. The summed E-state index contributed by atoms with van der Waals surface area (Å²) < 4.78 is 1.17. The highest BCUT2D eigenvalue weighted by Crippen LogP contribution is 2.26. The highest BCUT2D eigenvalue weighted by molar-refractivity contribution is 9.11. The van der Waals surface area contributed by atoms with Gasteiger partial charge in [0, 0.05) is 31.4 Å². The van der Waals surface area contributed by atoms with Crippen molar-refractivity contribution in [3.8, 4) is 0 Å². The quantitative estimate of drug-likeness (QED) is 0.897. The number of aromatic nitrogens is 1. The van der Waals surface area contributed by atoms with Crippen molar-refractivity contribution in [3.63, 3.8) is 0 Å². The minimum atomic E-state index is 0.292. The molecule has 0 aromatic carbocycles. The molecule has 19 heavy (non-hydrogen) atoms. The molecule has 1 N–H and O–H groups in total. The molecule has 0 spiro atoms. The normalized spacial score (nSPS) is 12.4. The molecule has 0 saturated heterocycles. The predicted molar refractivity (Wildman–Crippen MR) is 85.8 cm³/mol. The van der Waals surface area contributed by atoms with Gasteiger partial charge >= 0.3 is 0 Å². The van der Waals surface area contributed by atoms with E-state index in [1.807, 2.05) is 19.3 Å². The number of hydrogen-bond donors (Lipinski definition) is 1. The fraction of sp³-hybridized carbons (Fsp3) is 0.357. The van der Waals surface area contributed by atoms with Gasteiger partial charge in [-0.2, -0.15) is 0 Å². The third-order valence-corrected chi connectivity index (χ3v) is 4.67. The summed E-state index contributed by atoms with van der Waals surface area (Å²) in [6.07, 6.45) is 1.85. The SMILES string of the molecule is CNC(C)c1cccnc1N(C)Cc1csc(Br)c1. The van der Waals surface area contributed by atoms with Crippen LogP contribution in [0.3, 0.4) is 0 Å². The molecule has 0 bridgehead atoms. The minimum absolute atomic E-state index is 0.292. The van der Waals surface area contributed by atoms with E-state index in [0.717, 1.165) is 12.4 Å². The van der Waals surface area contributed by atoms with Gasteiger partial charge in [0.15, 0.2) is 0 Å².